The molecule has 0 radical (unpaired) electrons. The van der Waals surface area contributed by atoms with Crippen LogP contribution < -0.4 is 0 Å². The van der Waals surface area contributed by atoms with Crippen LogP contribution >= 0.6 is 0 Å². The third-order valence-corrected chi connectivity index (χ3v) is 6.24. The Hall–Kier alpha value is -1.29. The van der Waals surface area contributed by atoms with Crippen molar-refractivity contribution in [3.05, 3.63) is 36.5 Å². The average Bonchev–Trinajstić information content (AvgIpc) is 2.66. The summed E-state index contributed by atoms with van der Waals surface area (Å²) in [6.45, 7) is 2.30. The van der Waals surface area contributed by atoms with Gasteiger partial charge in [0.2, 0.25) is 0 Å². The molecule has 0 aromatic rings. The maximum Gasteiger partial charge on any atom is 0.0912 e. The van der Waals surface area contributed by atoms with E-state index in [0.717, 1.165) is 17.8 Å². The van der Waals surface area contributed by atoms with E-state index in [1.807, 2.05) is 18.2 Å². The lowest BCUT2D eigenvalue weighted by Crippen LogP contribution is -2.14. The van der Waals surface area contributed by atoms with E-state index in [-0.39, 0.29) is 0 Å². The summed E-state index contributed by atoms with van der Waals surface area (Å²) in [5, 5.41) is 8.49. The minimum Gasteiger partial charge on any atom is -0.193 e. The number of allylic oxidation sites excluding steroid dienone is 6. The van der Waals surface area contributed by atoms with Gasteiger partial charge in [-0.2, -0.15) is 5.26 Å². The van der Waals surface area contributed by atoms with Crippen LogP contribution in [0, 0.1) is 35.0 Å². The molecule has 2 aliphatic rings. The summed E-state index contributed by atoms with van der Waals surface area (Å²) in [6.07, 6.45) is 29.6. The van der Waals surface area contributed by atoms with Gasteiger partial charge in [-0.05, 0) is 75.0 Å². The molecule has 0 bridgehead atoms. The van der Waals surface area contributed by atoms with Crippen LogP contribution in [0.2, 0.25) is 0 Å². The Balaban J connectivity index is 1.61. The monoisotopic (exact) mass is 339 g/mol. The van der Waals surface area contributed by atoms with Gasteiger partial charge in [0.1, 0.15) is 0 Å². The molecule has 0 heterocycles. The molecule has 0 aromatic carbocycles. The first-order chi connectivity index (χ1) is 12.3. The van der Waals surface area contributed by atoms with Gasteiger partial charge in [-0.15, -0.1) is 0 Å². The van der Waals surface area contributed by atoms with Crippen molar-refractivity contribution in [1.82, 2.24) is 0 Å². The maximum atomic E-state index is 8.49. The number of hydrogen-bond donors (Lipinski definition) is 0. The SMILES string of the molecule is CCCCCC1CCC(C=CC2CCC(C=CC=CC#N)CC2)CC1. The quantitative estimate of drug-likeness (QED) is 0.196. The normalized spacial score (nSPS) is 31.0. The number of nitrogens with zero attached hydrogens (tertiary/aromatic N) is 1. The minimum atomic E-state index is 0.714. The summed E-state index contributed by atoms with van der Waals surface area (Å²) in [4.78, 5) is 0. The molecule has 138 valence electrons. The van der Waals surface area contributed by atoms with Crippen LogP contribution in [0.5, 0.6) is 0 Å². The lowest BCUT2D eigenvalue weighted by molar-refractivity contribution is 0.287. The molecular formula is C24H37N. The van der Waals surface area contributed by atoms with E-state index in [0.29, 0.717) is 5.92 Å². The Labute approximate surface area is 155 Å². The first-order valence-electron chi connectivity index (χ1n) is 10.7. The predicted octanol–water partition coefficient (Wildman–Crippen LogP) is 7.37. The average molecular weight is 340 g/mol. The molecule has 2 rings (SSSR count). The Morgan fingerprint density at radius 3 is 1.88 bits per heavy atom. The van der Waals surface area contributed by atoms with Crippen molar-refractivity contribution in [2.45, 2.75) is 84.0 Å². The van der Waals surface area contributed by atoms with Crippen LogP contribution in [0.4, 0.5) is 0 Å². The van der Waals surface area contributed by atoms with Crippen LogP contribution in [-0.4, -0.2) is 0 Å². The Bertz CT molecular complexity index is 463. The molecule has 2 fully saturated rings. The molecular weight excluding hydrogens is 302 g/mol. The largest absolute Gasteiger partial charge is 0.193 e. The van der Waals surface area contributed by atoms with Gasteiger partial charge < -0.3 is 0 Å². The van der Waals surface area contributed by atoms with Crippen LogP contribution in [0.1, 0.15) is 84.0 Å². The molecule has 2 saturated carbocycles. The fourth-order valence-electron chi connectivity index (χ4n) is 4.52. The van der Waals surface area contributed by atoms with Crippen molar-refractivity contribution in [2.75, 3.05) is 0 Å². The van der Waals surface area contributed by atoms with Gasteiger partial charge in [-0.1, -0.05) is 63.0 Å². The van der Waals surface area contributed by atoms with Crippen molar-refractivity contribution in [1.29, 1.82) is 5.26 Å². The first-order valence-corrected chi connectivity index (χ1v) is 10.7. The fourth-order valence-corrected chi connectivity index (χ4v) is 4.52. The highest BCUT2D eigenvalue weighted by Gasteiger charge is 2.21. The van der Waals surface area contributed by atoms with Crippen molar-refractivity contribution in [3.8, 4) is 6.07 Å². The van der Waals surface area contributed by atoms with Gasteiger partial charge in [0.15, 0.2) is 0 Å². The maximum absolute atomic E-state index is 8.49. The van der Waals surface area contributed by atoms with Crippen LogP contribution in [0.15, 0.2) is 36.5 Å². The molecule has 0 aromatic heterocycles. The van der Waals surface area contributed by atoms with Crippen LogP contribution in [0.25, 0.3) is 0 Å². The second kappa shape index (κ2) is 12.1. The van der Waals surface area contributed by atoms with Gasteiger partial charge in [0, 0.05) is 6.08 Å². The van der Waals surface area contributed by atoms with Crippen LogP contribution in [0.3, 0.4) is 0 Å². The molecule has 25 heavy (non-hydrogen) atoms. The van der Waals surface area contributed by atoms with Gasteiger partial charge in [-0.3, -0.25) is 0 Å². The first kappa shape index (κ1) is 20.0. The lowest BCUT2D eigenvalue weighted by Gasteiger charge is -2.28. The zero-order chi connectivity index (χ0) is 17.7. The van der Waals surface area contributed by atoms with Crippen molar-refractivity contribution >= 4 is 0 Å². The summed E-state index contributed by atoms with van der Waals surface area (Å²) >= 11 is 0. The van der Waals surface area contributed by atoms with Crippen molar-refractivity contribution in [3.63, 3.8) is 0 Å². The van der Waals surface area contributed by atoms with E-state index in [1.54, 1.807) is 6.08 Å². The summed E-state index contributed by atoms with van der Waals surface area (Å²) in [6, 6.07) is 2.03. The van der Waals surface area contributed by atoms with Crippen molar-refractivity contribution in [2.24, 2.45) is 23.7 Å². The molecule has 1 nitrogen and oxygen atoms in total. The van der Waals surface area contributed by atoms with E-state index < -0.39 is 0 Å². The molecule has 0 atom stereocenters. The number of unbranched alkanes of at least 4 members (excludes halogenated alkanes) is 2. The standard InChI is InChI=1S/C24H37N/c1-2-3-5-8-21-10-14-23(15-11-21)18-19-24-16-12-22(13-17-24)9-6-4-7-20-25/h4,6-7,9,18-19,21-24H,2-3,5,8,10-17H2,1H3. The highest BCUT2D eigenvalue weighted by Crippen LogP contribution is 2.34. The van der Waals surface area contributed by atoms with E-state index >= 15 is 0 Å². The number of hydrogen-bond acceptors (Lipinski definition) is 1. The lowest BCUT2D eigenvalue weighted by atomic mass is 9.78. The third-order valence-electron chi connectivity index (χ3n) is 6.24. The van der Waals surface area contributed by atoms with Gasteiger partial charge in [-0.25, -0.2) is 0 Å². The Morgan fingerprint density at radius 1 is 0.760 bits per heavy atom. The van der Waals surface area contributed by atoms with Crippen molar-refractivity contribution < 1.29 is 0 Å². The molecule has 0 amide bonds. The van der Waals surface area contributed by atoms with E-state index in [1.165, 1.54) is 77.0 Å². The van der Waals surface area contributed by atoms with Gasteiger partial charge in [0.25, 0.3) is 0 Å². The summed E-state index contributed by atoms with van der Waals surface area (Å²) < 4.78 is 0. The van der Waals surface area contributed by atoms with E-state index in [2.05, 4.69) is 25.2 Å². The molecule has 2 aliphatic carbocycles. The zero-order valence-corrected chi connectivity index (χ0v) is 16.2. The molecule has 0 spiro atoms. The second-order valence-electron chi connectivity index (χ2n) is 8.21. The Morgan fingerprint density at radius 2 is 1.32 bits per heavy atom. The highest BCUT2D eigenvalue weighted by atomic mass is 14.3. The molecule has 1 heteroatoms. The fraction of sp³-hybridized carbons (Fsp3) is 0.708. The molecule has 0 N–H and O–H groups in total. The van der Waals surface area contributed by atoms with Crippen LogP contribution in [-0.2, 0) is 0 Å². The summed E-state index contributed by atoms with van der Waals surface area (Å²) in [5.74, 6) is 3.40. The molecule has 0 aliphatic heterocycles. The van der Waals surface area contributed by atoms with E-state index in [9.17, 15) is 0 Å². The molecule has 0 saturated heterocycles. The minimum absolute atomic E-state index is 0.714. The topological polar surface area (TPSA) is 23.8 Å². The van der Waals surface area contributed by atoms with Gasteiger partial charge in [0.05, 0.1) is 6.07 Å². The van der Waals surface area contributed by atoms with E-state index in [4.69, 9.17) is 5.26 Å². The summed E-state index contributed by atoms with van der Waals surface area (Å²) in [7, 11) is 0. The predicted molar refractivity (Wildman–Crippen MR) is 108 cm³/mol. The van der Waals surface area contributed by atoms with Gasteiger partial charge >= 0.3 is 0 Å². The number of nitriles is 1. The molecule has 0 unspecified atom stereocenters. The third kappa shape index (κ3) is 8.08. The Kier molecular flexibility index (Phi) is 9.71. The second-order valence-corrected chi connectivity index (χ2v) is 8.21. The zero-order valence-electron chi connectivity index (χ0n) is 16.2. The number of rotatable bonds is 8. The smallest absolute Gasteiger partial charge is 0.0912 e. The summed E-state index contributed by atoms with van der Waals surface area (Å²) in [5.41, 5.74) is 0. The highest BCUT2D eigenvalue weighted by molar-refractivity contribution is 5.12.